The predicted octanol–water partition coefficient (Wildman–Crippen LogP) is 3.72. The number of aromatic nitrogens is 3. The van der Waals surface area contributed by atoms with Gasteiger partial charge in [-0.2, -0.15) is 0 Å². The van der Waals surface area contributed by atoms with Gasteiger partial charge in [-0.3, -0.25) is 0 Å². The van der Waals surface area contributed by atoms with Crippen molar-refractivity contribution in [2.45, 2.75) is 20.0 Å². The molecule has 2 aromatic carbocycles. The average molecular weight is 279 g/mol. The second kappa shape index (κ2) is 5.79. The van der Waals surface area contributed by atoms with Gasteiger partial charge < -0.3 is 4.74 Å². The Morgan fingerprint density at radius 3 is 2.33 bits per heavy atom. The minimum absolute atomic E-state index is 0.169. The number of rotatable bonds is 4. The molecule has 0 aliphatic carbocycles. The molecule has 0 unspecified atom stereocenters. The van der Waals surface area contributed by atoms with Gasteiger partial charge in [-0.25, -0.2) is 4.68 Å². The molecule has 4 heteroatoms. The molecule has 0 radical (unpaired) electrons. The first-order valence-corrected chi connectivity index (χ1v) is 6.97. The zero-order valence-corrected chi connectivity index (χ0v) is 12.1. The monoisotopic (exact) mass is 279 g/mol. The lowest BCUT2D eigenvalue weighted by molar-refractivity contribution is 0.242. The Morgan fingerprint density at radius 1 is 0.952 bits per heavy atom. The molecule has 4 nitrogen and oxygen atoms in total. The number of nitrogens with zero attached hydrogens (tertiary/aromatic N) is 3. The van der Waals surface area contributed by atoms with Gasteiger partial charge in [0.15, 0.2) is 0 Å². The largest absolute Gasteiger partial charge is 0.491 e. The van der Waals surface area contributed by atoms with Crippen LogP contribution in [-0.4, -0.2) is 21.1 Å². The van der Waals surface area contributed by atoms with Crippen molar-refractivity contribution in [3.8, 4) is 22.7 Å². The van der Waals surface area contributed by atoms with Crippen LogP contribution in [0.2, 0.25) is 0 Å². The summed E-state index contributed by atoms with van der Waals surface area (Å²) in [5, 5.41) is 8.21. The molecule has 0 saturated heterocycles. The molecule has 21 heavy (non-hydrogen) atoms. The molecule has 106 valence electrons. The van der Waals surface area contributed by atoms with Crippen LogP contribution in [0.4, 0.5) is 0 Å². The maximum Gasteiger partial charge on any atom is 0.119 e. The van der Waals surface area contributed by atoms with Crippen LogP contribution in [0, 0.1) is 0 Å². The van der Waals surface area contributed by atoms with Gasteiger partial charge in [-0.05, 0) is 38.1 Å². The van der Waals surface area contributed by atoms with Crippen LogP contribution in [0.1, 0.15) is 13.8 Å². The Kier molecular flexibility index (Phi) is 3.69. The third-order valence-corrected chi connectivity index (χ3v) is 3.07. The minimum atomic E-state index is 0.169. The predicted molar refractivity (Wildman–Crippen MR) is 82.6 cm³/mol. The van der Waals surface area contributed by atoms with Gasteiger partial charge in [0.05, 0.1) is 23.7 Å². The smallest absolute Gasteiger partial charge is 0.119 e. The van der Waals surface area contributed by atoms with E-state index in [1.807, 2.05) is 73.1 Å². The molecule has 0 N–H and O–H groups in total. The van der Waals surface area contributed by atoms with E-state index in [2.05, 4.69) is 10.3 Å². The lowest BCUT2D eigenvalue weighted by atomic mass is 10.1. The van der Waals surface area contributed by atoms with Crippen molar-refractivity contribution in [1.82, 2.24) is 15.0 Å². The van der Waals surface area contributed by atoms with Crippen LogP contribution < -0.4 is 4.74 Å². The molecule has 0 aliphatic heterocycles. The van der Waals surface area contributed by atoms with E-state index in [0.29, 0.717) is 0 Å². The maximum absolute atomic E-state index is 5.66. The van der Waals surface area contributed by atoms with Crippen LogP contribution in [0.15, 0.2) is 60.8 Å². The van der Waals surface area contributed by atoms with Crippen LogP contribution in [0.3, 0.4) is 0 Å². The first-order valence-electron chi connectivity index (χ1n) is 6.97. The summed E-state index contributed by atoms with van der Waals surface area (Å²) in [6.07, 6.45) is 1.94. The second-order valence-corrected chi connectivity index (χ2v) is 5.06. The second-order valence-electron chi connectivity index (χ2n) is 5.06. The van der Waals surface area contributed by atoms with Crippen molar-refractivity contribution in [3.05, 3.63) is 60.8 Å². The fourth-order valence-electron chi connectivity index (χ4n) is 2.17. The standard InChI is InChI=1S/C17H17N3O/c1-13(2)21-16-10-8-15(9-11-16)20-17(12-18-19-20)14-6-4-3-5-7-14/h3-13H,1-2H3. The molecule has 0 saturated carbocycles. The highest BCUT2D eigenvalue weighted by atomic mass is 16.5. The Hall–Kier alpha value is -2.62. The molecule has 0 spiro atoms. The van der Waals surface area contributed by atoms with Crippen molar-refractivity contribution in [1.29, 1.82) is 0 Å². The van der Waals surface area contributed by atoms with Crippen molar-refractivity contribution in [3.63, 3.8) is 0 Å². The molecule has 0 aliphatic rings. The van der Waals surface area contributed by atoms with E-state index < -0.39 is 0 Å². The van der Waals surface area contributed by atoms with E-state index in [4.69, 9.17) is 4.74 Å². The molecule has 0 atom stereocenters. The van der Waals surface area contributed by atoms with Crippen molar-refractivity contribution in [2.75, 3.05) is 0 Å². The molecular formula is C17H17N3O. The third-order valence-electron chi connectivity index (χ3n) is 3.07. The van der Waals surface area contributed by atoms with Gasteiger partial charge in [0.2, 0.25) is 0 Å². The summed E-state index contributed by atoms with van der Waals surface area (Å²) in [5.74, 6) is 0.857. The highest BCUT2D eigenvalue weighted by molar-refractivity contribution is 5.60. The summed E-state index contributed by atoms with van der Waals surface area (Å²) >= 11 is 0. The lowest BCUT2D eigenvalue weighted by Crippen LogP contribution is -2.05. The van der Waals surface area contributed by atoms with E-state index in [1.54, 1.807) is 6.20 Å². The fourth-order valence-corrected chi connectivity index (χ4v) is 2.17. The van der Waals surface area contributed by atoms with Gasteiger partial charge in [-0.15, -0.1) is 5.10 Å². The minimum Gasteiger partial charge on any atom is -0.491 e. The van der Waals surface area contributed by atoms with Crippen molar-refractivity contribution in [2.24, 2.45) is 0 Å². The van der Waals surface area contributed by atoms with E-state index in [0.717, 1.165) is 22.7 Å². The first-order chi connectivity index (χ1) is 10.2. The van der Waals surface area contributed by atoms with Crippen LogP contribution in [0.5, 0.6) is 5.75 Å². The zero-order chi connectivity index (χ0) is 14.7. The number of hydrogen-bond donors (Lipinski definition) is 0. The van der Waals surface area contributed by atoms with E-state index in [9.17, 15) is 0 Å². The first kappa shape index (κ1) is 13.4. The normalized spacial score (nSPS) is 10.8. The summed E-state index contributed by atoms with van der Waals surface area (Å²) in [4.78, 5) is 0. The fraction of sp³-hybridized carbons (Fsp3) is 0.176. The van der Waals surface area contributed by atoms with E-state index >= 15 is 0 Å². The summed E-state index contributed by atoms with van der Waals surface area (Å²) in [6.45, 7) is 4.03. The Balaban J connectivity index is 1.93. The molecule has 3 aromatic rings. The van der Waals surface area contributed by atoms with Gasteiger partial charge in [-0.1, -0.05) is 35.5 Å². The molecular weight excluding hydrogens is 262 g/mol. The van der Waals surface area contributed by atoms with Crippen LogP contribution in [-0.2, 0) is 0 Å². The zero-order valence-electron chi connectivity index (χ0n) is 12.1. The SMILES string of the molecule is CC(C)Oc1ccc(-n2nncc2-c2ccccc2)cc1. The third kappa shape index (κ3) is 2.94. The summed E-state index contributed by atoms with van der Waals surface area (Å²) < 4.78 is 7.48. The number of benzene rings is 2. The topological polar surface area (TPSA) is 39.9 Å². The quantitative estimate of drug-likeness (QED) is 0.730. The molecule has 0 fully saturated rings. The highest BCUT2D eigenvalue weighted by Crippen LogP contribution is 2.22. The van der Waals surface area contributed by atoms with Crippen molar-refractivity contribution < 1.29 is 4.74 Å². The maximum atomic E-state index is 5.66. The van der Waals surface area contributed by atoms with Crippen LogP contribution in [0.25, 0.3) is 16.9 Å². The van der Waals surface area contributed by atoms with Crippen LogP contribution >= 0.6 is 0 Å². The summed E-state index contributed by atoms with van der Waals surface area (Å²) in [5.41, 5.74) is 3.01. The number of hydrogen-bond acceptors (Lipinski definition) is 3. The molecule has 1 heterocycles. The van der Waals surface area contributed by atoms with Gasteiger partial charge in [0, 0.05) is 5.56 Å². The lowest BCUT2D eigenvalue weighted by Gasteiger charge is -2.11. The van der Waals surface area contributed by atoms with Gasteiger partial charge >= 0.3 is 0 Å². The Labute approximate surface area is 124 Å². The summed E-state index contributed by atoms with van der Waals surface area (Å²) in [7, 11) is 0. The molecule has 0 amide bonds. The van der Waals surface area contributed by atoms with Gasteiger partial charge in [0.25, 0.3) is 0 Å². The molecule has 3 rings (SSSR count). The van der Waals surface area contributed by atoms with E-state index in [1.165, 1.54) is 0 Å². The Bertz CT molecular complexity index is 702. The summed E-state index contributed by atoms with van der Waals surface area (Å²) in [6, 6.07) is 18.0. The van der Waals surface area contributed by atoms with Crippen molar-refractivity contribution >= 4 is 0 Å². The van der Waals surface area contributed by atoms with Gasteiger partial charge in [0.1, 0.15) is 5.75 Å². The highest BCUT2D eigenvalue weighted by Gasteiger charge is 2.08. The average Bonchev–Trinajstić information content (AvgIpc) is 2.98. The van der Waals surface area contributed by atoms with E-state index in [-0.39, 0.29) is 6.10 Å². The molecule has 1 aromatic heterocycles. The Morgan fingerprint density at radius 2 is 1.67 bits per heavy atom. The molecule has 0 bridgehead atoms. The number of ether oxygens (including phenoxy) is 1.